The molecule has 0 spiro atoms. The van der Waals surface area contributed by atoms with Crippen molar-refractivity contribution in [1.82, 2.24) is 4.40 Å². The summed E-state index contributed by atoms with van der Waals surface area (Å²) in [5, 5.41) is 0. The lowest BCUT2D eigenvalue weighted by molar-refractivity contribution is 1.14. The Kier molecular flexibility index (Phi) is 2.45. The van der Waals surface area contributed by atoms with Crippen molar-refractivity contribution in [2.24, 2.45) is 0 Å². The van der Waals surface area contributed by atoms with E-state index in [9.17, 15) is 0 Å². The van der Waals surface area contributed by atoms with Crippen molar-refractivity contribution >= 4 is 5.52 Å². The van der Waals surface area contributed by atoms with Crippen LogP contribution in [0.25, 0.3) is 16.6 Å². The summed E-state index contributed by atoms with van der Waals surface area (Å²) in [6.07, 6.45) is 5.35. The molecule has 0 aliphatic carbocycles. The molecule has 0 fully saturated rings. The van der Waals surface area contributed by atoms with Crippen LogP contribution in [0, 0.1) is 0 Å². The highest BCUT2D eigenvalue weighted by Crippen LogP contribution is 2.23. The number of aryl methyl sites for hydroxylation is 1. The number of benzene rings is 1. The minimum absolute atomic E-state index is 1.08. The van der Waals surface area contributed by atoms with E-state index in [0.717, 1.165) is 6.42 Å². The lowest BCUT2D eigenvalue weighted by atomic mass is 10.0. The van der Waals surface area contributed by atoms with Crippen LogP contribution in [-0.2, 0) is 6.42 Å². The van der Waals surface area contributed by atoms with Gasteiger partial charge in [-0.2, -0.15) is 0 Å². The molecule has 0 unspecified atom stereocenters. The maximum absolute atomic E-state index is 2.27. The normalized spacial score (nSPS) is 10.9. The average molecular weight is 221 g/mol. The van der Waals surface area contributed by atoms with Gasteiger partial charge in [-0.1, -0.05) is 37.3 Å². The van der Waals surface area contributed by atoms with Crippen LogP contribution in [0.2, 0.25) is 0 Å². The van der Waals surface area contributed by atoms with Gasteiger partial charge in [-0.25, -0.2) is 0 Å². The predicted octanol–water partition coefficient (Wildman–Crippen LogP) is 4.17. The first-order chi connectivity index (χ1) is 8.36. The van der Waals surface area contributed by atoms with E-state index in [4.69, 9.17) is 0 Å². The standard InChI is InChI=1S/C16H15N/c1-2-13-6-5-7-14(10-13)15-11-16-8-3-4-9-17(16)12-15/h3-12H,2H2,1H3. The average Bonchev–Trinajstić information content (AvgIpc) is 2.82. The van der Waals surface area contributed by atoms with Gasteiger partial charge < -0.3 is 4.40 Å². The van der Waals surface area contributed by atoms with Gasteiger partial charge in [-0.05, 0) is 35.7 Å². The summed E-state index contributed by atoms with van der Waals surface area (Å²) in [7, 11) is 0. The van der Waals surface area contributed by atoms with E-state index in [1.807, 2.05) is 0 Å². The van der Waals surface area contributed by atoms with Crippen LogP contribution >= 0.6 is 0 Å². The number of hydrogen-bond donors (Lipinski definition) is 0. The smallest absolute Gasteiger partial charge is 0.0456 e. The maximum atomic E-state index is 2.27. The second-order valence-corrected chi connectivity index (χ2v) is 4.32. The Labute approximate surface area is 101 Å². The molecule has 0 aliphatic rings. The van der Waals surface area contributed by atoms with Crippen molar-refractivity contribution in [3.8, 4) is 11.1 Å². The number of rotatable bonds is 2. The zero-order valence-corrected chi connectivity index (χ0v) is 9.93. The quantitative estimate of drug-likeness (QED) is 0.612. The van der Waals surface area contributed by atoms with Crippen LogP contribution in [-0.4, -0.2) is 4.40 Å². The zero-order valence-electron chi connectivity index (χ0n) is 9.93. The fraction of sp³-hybridized carbons (Fsp3) is 0.125. The molecule has 0 saturated heterocycles. The third kappa shape index (κ3) is 1.84. The molecule has 17 heavy (non-hydrogen) atoms. The van der Waals surface area contributed by atoms with E-state index in [0.29, 0.717) is 0 Å². The molecule has 0 amide bonds. The summed E-state index contributed by atoms with van der Waals surface area (Å²) in [5.41, 5.74) is 5.21. The Morgan fingerprint density at radius 1 is 0.941 bits per heavy atom. The summed E-state index contributed by atoms with van der Waals surface area (Å²) >= 11 is 0. The summed E-state index contributed by atoms with van der Waals surface area (Å²) < 4.78 is 2.16. The van der Waals surface area contributed by atoms with Gasteiger partial charge in [-0.15, -0.1) is 0 Å². The van der Waals surface area contributed by atoms with Gasteiger partial charge in [0.25, 0.3) is 0 Å². The van der Waals surface area contributed by atoms with Crippen LogP contribution in [0.15, 0.2) is 60.9 Å². The lowest BCUT2D eigenvalue weighted by Crippen LogP contribution is -1.81. The van der Waals surface area contributed by atoms with Crippen molar-refractivity contribution in [3.05, 3.63) is 66.5 Å². The molecule has 0 aliphatic heterocycles. The van der Waals surface area contributed by atoms with Crippen LogP contribution in [0.1, 0.15) is 12.5 Å². The van der Waals surface area contributed by atoms with Crippen molar-refractivity contribution in [2.45, 2.75) is 13.3 Å². The number of aromatic nitrogens is 1. The Morgan fingerprint density at radius 3 is 2.71 bits per heavy atom. The molecule has 3 rings (SSSR count). The molecule has 0 bridgehead atoms. The monoisotopic (exact) mass is 221 g/mol. The third-order valence-electron chi connectivity index (χ3n) is 3.17. The molecule has 0 N–H and O–H groups in total. The lowest BCUT2D eigenvalue weighted by Gasteiger charge is -2.00. The first kappa shape index (κ1) is 10.2. The van der Waals surface area contributed by atoms with Crippen LogP contribution in [0.5, 0.6) is 0 Å². The molecule has 1 heteroatoms. The van der Waals surface area contributed by atoms with E-state index >= 15 is 0 Å². The van der Waals surface area contributed by atoms with E-state index in [1.165, 1.54) is 22.2 Å². The minimum Gasteiger partial charge on any atom is -0.323 e. The molecule has 2 heterocycles. The van der Waals surface area contributed by atoms with Gasteiger partial charge in [0, 0.05) is 23.5 Å². The molecule has 0 atom stereocenters. The van der Waals surface area contributed by atoms with Gasteiger partial charge in [0.15, 0.2) is 0 Å². The highest BCUT2D eigenvalue weighted by Gasteiger charge is 2.02. The molecular weight excluding hydrogens is 206 g/mol. The summed E-state index contributed by atoms with van der Waals surface area (Å²) in [6.45, 7) is 2.19. The number of hydrogen-bond acceptors (Lipinski definition) is 0. The van der Waals surface area contributed by atoms with Gasteiger partial charge >= 0.3 is 0 Å². The fourth-order valence-electron chi connectivity index (χ4n) is 2.18. The van der Waals surface area contributed by atoms with Crippen LogP contribution in [0.3, 0.4) is 0 Å². The third-order valence-corrected chi connectivity index (χ3v) is 3.17. The van der Waals surface area contributed by atoms with Gasteiger partial charge in [0.05, 0.1) is 0 Å². The van der Waals surface area contributed by atoms with Gasteiger partial charge in [0.1, 0.15) is 0 Å². The topological polar surface area (TPSA) is 4.41 Å². The summed E-state index contributed by atoms with van der Waals surface area (Å²) in [6, 6.07) is 17.3. The first-order valence-electron chi connectivity index (χ1n) is 6.03. The molecule has 3 aromatic rings. The summed E-state index contributed by atoms with van der Waals surface area (Å²) in [4.78, 5) is 0. The largest absolute Gasteiger partial charge is 0.323 e. The molecule has 1 aromatic carbocycles. The van der Waals surface area contributed by atoms with Gasteiger partial charge in [-0.3, -0.25) is 0 Å². The number of nitrogens with zero attached hydrogens (tertiary/aromatic N) is 1. The molecule has 0 saturated carbocycles. The SMILES string of the molecule is CCc1cccc(-c2cc3ccccn3c2)c1. The second-order valence-electron chi connectivity index (χ2n) is 4.32. The van der Waals surface area contributed by atoms with Crippen molar-refractivity contribution in [2.75, 3.05) is 0 Å². The highest BCUT2D eigenvalue weighted by atomic mass is 14.8. The van der Waals surface area contributed by atoms with Crippen molar-refractivity contribution in [3.63, 3.8) is 0 Å². The first-order valence-corrected chi connectivity index (χ1v) is 6.03. The highest BCUT2D eigenvalue weighted by molar-refractivity contribution is 5.70. The van der Waals surface area contributed by atoms with Crippen molar-refractivity contribution < 1.29 is 0 Å². The second kappa shape index (κ2) is 4.10. The van der Waals surface area contributed by atoms with Crippen LogP contribution in [0.4, 0.5) is 0 Å². The number of fused-ring (bicyclic) bond motifs is 1. The molecule has 2 aromatic heterocycles. The zero-order chi connectivity index (χ0) is 11.7. The molecule has 0 radical (unpaired) electrons. The Hall–Kier alpha value is -2.02. The summed E-state index contributed by atoms with van der Waals surface area (Å²) in [5.74, 6) is 0. The Morgan fingerprint density at radius 2 is 1.88 bits per heavy atom. The number of pyridine rings is 1. The fourth-order valence-corrected chi connectivity index (χ4v) is 2.18. The Bertz CT molecular complexity index is 616. The van der Waals surface area contributed by atoms with Crippen molar-refractivity contribution in [1.29, 1.82) is 0 Å². The molecule has 84 valence electrons. The molecule has 1 nitrogen and oxygen atoms in total. The van der Waals surface area contributed by atoms with E-state index in [1.54, 1.807) is 0 Å². The van der Waals surface area contributed by atoms with E-state index in [2.05, 4.69) is 72.2 Å². The van der Waals surface area contributed by atoms with E-state index < -0.39 is 0 Å². The minimum atomic E-state index is 1.08. The van der Waals surface area contributed by atoms with Gasteiger partial charge in [0.2, 0.25) is 0 Å². The van der Waals surface area contributed by atoms with Crippen LogP contribution < -0.4 is 0 Å². The predicted molar refractivity (Wildman–Crippen MR) is 72.2 cm³/mol. The van der Waals surface area contributed by atoms with E-state index in [-0.39, 0.29) is 0 Å². The molecular formula is C16H15N. The Balaban J connectivity index is 2.13. The maximum Gasteiger partial charge on any atom is 0.0456 e.